The molecule has 7 heteroatoms. The summed E-state index contributed by atoms with van der Waals surface area (Å²) >= 11 is 0. The van der Waals surface area contributed by atoms with E-state index in [1.54, 1.807) is 7.05 Å². The van der Waals surface area contributed by atoms with Crippen LogP contribution in [0.15, 0.2) is 53.7 Å². The summed E-state index contributed by atoms with van der Waals surface area (Å²) in [6.07, 6.45) is 3.10. The molecule has 0 atom stereocenters. The Hall–Kier alpha value is -2.93. The van der Waals surface area contributed by atoms with Gasteiger partial charge in [-0.2, -0.15) is 0 Å². The highest BCUT2D eigenvalue weighted by Crippen LogP contribution is 2.17. The van der Waals surface area contributed by atoms with Gasteiger partial charge in [-0.25, -0.2) is 0 Å². The number of hydrogen-bond acceptors (Lipinski definition) is 4. The molecule has 1 aliphatic rings. The van der Waals surface area contributed by atoms with Crippen molar-refractivity contribution in [3.8, 4) is 0 Å². The van der Waals surface area contributed by atoms with E-state index in [1.807, 2.05) is 28.8 Å². The van der Waals surface area contributed by atoms with Gasteiger partial charge in [0.2, 0.25) is 0 Å². The van der Waals surface area contributed by atoms with Crippen LogP contribution in [-0.2, 0) is 19.5 Å². The number of fused-ring (bicyclic) bond motifs is 2. The second-order valence-corrected chi connectivity index (χ2v) is 6.69. The quantitative estimate of drug-likeness (QED) is 0.530. The van der Waals surface area contributed by atoms with E-state index in [0.29, 0.717) is 6.54 Å². The lowest BCUT2D eigenvalue weighted by molar-refractivity contribution is 0.258. The van der Waals surface area contributed by atoms with Crippen molar-refractivity contribution in [3.63, 3.8) is 0 Å². The van der Waals surface area contributed by atoms with Crippen LogP contribution in [0.1, 0.15) is 17.0 Å². The van der Waals surface area contributed by atoms with Gasteiger partial charge >= 0.3 is 0 Å². The fraction of sp³-hybridized carbons (Fsp3) is 0.350. The molecule has 0 saturated heterocycles. The van der Waals surface area contributed by atoms with Crippen LogP contribution < -0.4 is 10.6 Å². The van der Waals surface area contributed by atoms with Crippen molar-refractivity contribution in [3.05, 3.63) is 65.6 Å². The highest BCUT2D eigenvalue weighted by atomic mass is 15.3. The van der Waals surface area contributed by atoms with E-state index in [2.05, 4.69) is 55.0 Å². The summed E-state index contributed by atoms with van der Waals surface area (Å²) in [4.78, 5) is 6.79. The van der Waals surface area contributed by atoms with Gasteiger partial charge in [0.15, 0.2) is 17.4 Å². The normalized spacial score (nSPS) is 14.9. The average molecular weight is 363 g/mol. The van der Waals surface area contributed by atoms with Crippen molar-refractivity contribution in [2.45, 2.75) is 19.5 Å². The Kier molecular flexibility index (Phi) is 5.29. The Morgan fingerprint density at radius 1 is 1.07 bits per heavy atom. The summed E-state index contributed by atoms with van der Waals surface area (Å²) in [7, 11) is 1.79. The van der Waals surface area contributed by atoms with Crippen molar-refractivity contribution in [2.24, 2.45) is 4.99 Å². The molecule has 4 rings (SSSR count). The smallest absolute Gasteiger partial charge is 0.191 e. The maximum absolute atomic E-state index is 4.30. The van der Waals surface area contributed by atoms with Crippen LogP contribution in [0.25, 0.3) is 5.65 Å². The average Bonchev–Trinajstić information content (AvgIpc) is 3.13. The topological polar surface area (TPSA) is 69.8 Å². The van der Waals surface area contributed by atoms with Gasteiger partial charge in [-0.05, 0) is 29.7 Å². The molecule has 0 radical (unpaired) electrons. The number of pyridine rings is 1. The number of hydrogen-bond donors (Lipinski definition) is 2. The molecule has 0 spiro atoms. The number of rotatable bonds is 5. The second kappa shape index (κ2) is 8.18. The van der Waals surface area contributed by atoms with Gasteiger partial charge in [0.05, 0.1) is 6.54 Å². The summed E-state index contributed by atoms with van der Waals surface area (Å²) in [6.45, 7) is 4.54. The highest BCUT2D eigenvalue weighted by Gasteiger charge is 2.15. The van der Waals surface area contributed by atoms with Gasteiger partial charge in [-0.15, -0.1) is 10.2 Å². The maximum atomic E-state index is 4.30. The summed E-state index contributed by atoms with van der Waals surface area (Å²) in [5.41, 5.74) is 3.78. The van der Waals surface area contributed by atoms with Gasteiger partial charge < -0.3 is 10.6 Å². The van der Waals surface area contributed by atoms with Crippen LogP contribution >= 0.6 is 0 Å². The molecule has 0 aliphatic carbocycles. The molecule has 0 amide bonds. The standard InChI is InChI=1S/C20H25N7/c1-21-20(23-14-19-25-24-18-8-4-5-11-27(18)19)22-10-13-26-12-9-16-6-2-3-7-17(16)15-26/h2-8,11H,9-10,12-15H2,1H3,(H2,21,22,23). The van der Waals surface area contributed by atoms with E-state index in [9.17, 15) is 0 Å². The Balaban J connectivity index is 1.25. The molecule has 0 saturated carbocycles. The minimum Gasteiger partial charge on any atom is -0.355 e. The molecule has 1 aromatic carbocycles. The third-order valence-electron chi connectivity index (χ3n) is 4.95. The number of nitrogens with zero attached hydrogens (tertiary/aromatic N) is 5. The van der Waals surface area contributed by atoms with Gasteiger partial charge in [-0.3, -0.25) is 14.3 Å². The number of aliphatic imine (C=N–C) groups is 1. The molecule has 1 aliphatic heterocycles. The van der Waals surface area contributed by atoms with E-state index < -0.39 is 0 Å². The first-order valence-electron chi connectivity index (χ1n) is 9.36. The summed E-state index contributed by atoms with van der Waals surface area (Å²) in [5, 5.41) is 15.1. The third-order valence-corrected chi connectivity index (χ3v) is 4.95. The minimum absolute atomic E-state index is 0.571. The number of aromatic nitrogens is 3. The van der Waals surface area contributed by atoms with E-state index in [1.165, 1.54) is 11.1 Å². The molecule has 0 fully saturated rings. The van der Waals surface area contributed by atoms with Crippen molar-refractivity contribution < 1.29 is 0 Å². The van der Waals surface area contributed by atoms with E-state index in [0.717, 1.165) is 50.0 Å². The van der Waals surface area contributed by atoms with Crippen molar-refractivity contribution >= 4 is 11.6 Å². The van der Waals surface area contributed by atoms with Gasteiger partial charge in [-0.1, -0.05) is 30.3 Å². The monoisotopic (exact) mass is 363 g/mol. The fourth-order valence-electron chi connectivity index (χ4n) is 3.47. The Bertz CT molecular complexity index is 931. The van der Waals surface area contributed by atoms with Crippen LogP contribution in [0.5, 0.6) is 0 Å². The van der Waals surface area contributed by atoms with E-state index in [-0.39, 0.29) is 0 Å². The van der Waals surface area contributed by atoms with Gasteiger partial charge in [0.25, 0.3) is 0 Å². The Labute approximate surface area is 159 Å². The molecule has 2 N–H and O–H groups in total. The molecule has 7 nitrogen and oxygen atoms in total. The molecule has 27 heavy (non-hydrogen) atoms. The fourth-order valence-corrected chi connectivity index (χ4v) is 3.47. The lowest BCUT2D eigenvalue weighted by atomic mass is 10.00. The van der Waals surface area contributed by atoms with Crippen molar-refractivity contribution in [1.82, 2.24) is 30.1 Å². The molecule has 140 valence electrons. The van der Waals surface area contributed by atoms with Crippen molar-refractivity contribution in [2.75, 3.05) is 26.7 Å². The van der Waals surface area contributed by atoms with Crippen LogP contribution in [0.4, 0.5) is 0 Å². The second-order valence-electron chi connectivity index (χ2n) is 6.69. The van der Waals surface area contributed by atoms with E-state index >= 15 is 0 Å². The van der Waals surface area contributed by atoms with Crippen LogP contribution in [0.3, 0.4) is 0 Å². The summed E-state index contributed by atoms with van der Waals surface area (Å²) < 4.78 is 1.98. The molecule has 3 heterocycles. The maximum Gasteiger partial charge on any atom is 0.191 e. The zero-order valence-electron chi connectivity index (χ0n) is 15.6. The molecule has 3 aromatic rings. The Morgan fingerprint density at radius 3 is 2.81 bits per heavy atom. The minimum atomic E-state index is 0.571. The molecular weight excluding hydrogens is 338 g/mol. The number of guanidine groups is 1. The highest BCUT2D eigenvalue weighted by molar-refractivity contribution is 5.79. The number of nitrogens with one attached hydrogen (secondary N) is 2. The van der Waals surface area contributed by atoms with Crippen molar-refractivity contribution in [1.29, 1.82) is 0 Å². The van der Waals surface area contributed by atoms with Crippen LogP contribution in [0.2, 0.25) is 0 Å². The zero-order chi connectivity index (χ0) is 18.5. The third kappa shape index (κ3) is 4.09. The SMILES string of the molecule is CN=C(NCCN1CCc2ccccc2C1)NCc1nnc2ccccn12. The zero-order valence-corrected chi connectivity index (χ0v) is 15.6. The summed E-state index contributed by atoms with van der Waals surface area (Å²) in [5.74, 6) is 1.64. The van der Waals surface area contributed by atoms with Gasteiger partial charge in [0.1, 0.15) is 0 Å². The molecule has 0 bridgehead atoms. The number of benzene rings is 1. The lowest BCUT2D eigenvalue weighted by Gasteiger charge is -2.28. The molecule has 2 aromatic heterocycles. The first-order valence-corrected chi connectivity index (χ1v) is 9.36. The predicted molar refractivity (Wildman–Crippen MR) is 107 cm³/mol. The van der Waals surface area contributed by atoms with Gasteiger partial charge in [0, 0.05) is 39.4 Å². The largest absolute Gasteiger partial charge is 0.355 e. The van der Waals surface area contributed by atoms with Crippen LogP contribution in [0, 0.1) is 0 Å². The molecule has 0 unspecified atom stereocenters. The lowest BCUT2D eigenvalue weighted by Crippen LogP contribution is -2.42. The predicted octanol–water partition coefficient (Wildman–Crippen LogP) is 1.45. The summed E-state index contributed by atoms with van der Waals surface area (Å²) in [6, 6.07) is 14.6. The molecular formula is C20H25N7. The first kappa shape index (κ1) is 17.5. The van der Waals surface area contributed by atoms with E-state index in [4.69, 9.17) is 0 Å². The first-order chi connectivity index (χ1) is 13.3. The van der Waals surface area contributed by atoms with Crippen LogP contribution in [-0.4, -0.2) is 52.1 Å². The Morgan fingerprint density at radius 2 is 1.93 bits per heavy atom.